The lowest BCUT2D eigenvalue weighted by molar-refractivity contribution is 0.301. The maximum Gasteiger partial charge on any atom is 0.115 e. The van der Waals surface area contributed by atoms with Crippen LogP contribution in [0.1, 0.15) is 38.5 Å². The molecule has 1 rings (SSSR count). The van der Waals surface area contributed by atoms with Crippen LogP contribution >= 0.6 is 12.4 Å². The Labute approximate surface area is 118 Å². The molecule has 1 aromatic rings. The zero-order chi connectivity index (χ0) is 16.4. The first kappa shape index (κ1) is 9.23. The molecule has 3 heteroatoms. The first-order valence-corrected chi connectivity index (χ1v) is 5.40. The minimum absolute atomic E-state index is 0. The van der Waals surface area contributed by atoms with Gasteiger partial charge in [-0.3, -0.25) is 0 Å². The van der Waals surface area contributed by atoms with Crippen LogP contribution in [0.2, 0.25) is 0 Å². The van der Waals surface area contributed by atoms with Crippen LogP contribution in [-0.2, 0) is 0 Å². The van der Waals surface area contributed by atoms with Gasteiger partial charge in [-0.2, -0.15) is 0 Å². The summed E-state index contributed by atoms with van der Waals surface area (Å²) in [5, 5.41) is 9.62. The molecule has 0 aromatic heterocycles. The number of phenols is 1. The fourth-order valence-corrected chi connectivity index (χ4v) is 1.95. The predicted octanol–water partition coefficient (Wildman–Crippen LogP) is 3.51. The quantitative estimate of drug-likeness (QED) is 0.878. The van der Waals surface area contributed by atoms with Crippen molar-refractivity contribution in [1.82, 2.24) is 4.90 Å². The van der Waals surface area contributed by atoms with Gasteiger partial charge in [-0.15, -0.1) is 12.4 Å². The maximum atomic E-state index is 9.62. The molecule has 0 aliphatic rings. The van der Waals surface area contributed by atoms with Crippen LogP contribution in [0.3, 0.4) is 0 Å². The molecule has 0 aliphatic heterocycles. The molecule has 0 amide bonds. The zero-order valence-electron chi connectivity index (χ0n) is 15.5. The van der Waals surface area contributed by atoms with Gasteiger partial charge in [-0.1, -0.05) is 25.9 Å². The van der Waals surface area contributed by atoms with Gasteiger partial charge in [0.2, 0.25) is 0 Å². The molecule has 0 saturated carbocycles. The molecule has 0 aliphatic carbocycles. The van der Waals surface area contributed by atoms with Crippen LogP contribution in [0.5, 0.6) is 5.75 Å². The van der Waals surface area contributed by atoms with Crippen LogP contribution in [0.4, 0.5) is 0 Å². The van der Waals surface area contributed by atoms with E-state index >= 15 is 0 Å². The van der Waals surface area contributed by atoms with E-state index in [1.165, 1.54) is 12.1 Å². The van der Waals surface area contributed by atoms with Crippen molar-refractivity contribution >= 4 is 12.4 Å². The summed E-state index contributed by atoms with van der Waals surface area (Å²) in [6, 6.07) is 6.21. The Balaban J connectivity index is 0.00000441. The molecular formula is C14H24ClNO. The maximum absolute atomic E-state index is 9.62. The van der Waals surface area contributed by atoms with Crippen molar-refractivity contribution in [2.45, 2.75) is 26.1 Å². The van der Waals surface area contributed by atoms with Crippen LogP contribution in [0, 0.1) is 5.92 Å². The fourth-order valence-electron chi connectivity index (χ4n) is 1.95. The van der Waals surface area contributed by atoms with Crippen LogP contribution in [0.15, 0.2) is 24.3 Å². The topological polar surface area (TPSA) is 23.5 Å². The third kappa shape index (κ3) is 4.97. The highest BCUT2D eigenvalue weighted by molar-refractivity contribution is 5.85. The molecule has 0 unspecified atom stereocenters. The second-order valence-electron chi connectivity index (χ2n) is 4.46. The zero-order valence-corrected chi connectivity index (χ0v) is 11.3. The highest BCUT2D eigenvalue weighted by Gasteiger charge is 2.18. The molecule has 2 atom stereocenters. The Kier molecular flexibility index (Phi) is 4.11. The number of nitrogens with zero attached hydrogens (tertiary/aromatic N) is 1. The van der Waals surface area contributed by atoms with Crippen molar-refractivity contribution in [3.8, 4) is 5.75 Å². The first-order chi connectivity index (χ1) is 9.46. The van der Waals surface area contributed by atoms with E-state index in [-0.39, 0.29) is 24.1 Å². The number of benzene rings is 1. The molecule has 0 spiro atoms. The molecule has 2 nitrogen and oxygen atoms in total. The number of aromatic hydroxyl groups is 1. The molecule has 0 fully saturated rings. The molecule has 17 heavy (non-hydrogen) atoms. The second-order valence-corrected chi connectivity index (χ2v) is 4.46. The van der Waals surface area contributed by atoms with E-state index in [1.54, 1.807) is 12.1 Å². The fraction of sp³-hybridized carbons (Fsp3) is 0.571. The third-order valence-corrected chi connectivity index (χ3v) is 2.61. The summed E-state index contributed by atoms with van der Waals surface area (Å²) < 4.78 is 38.8. The van der Waals surface area contributed by atoms with Crippen molar-refractivity contribution in [2.75, 3.05) is 20.6 Å². The summed E-state index contributed by atoms with van der Waals surface area (Å²) in [4.78, 5) is 1.90. The SMILES string of the molecule is Cl.[2H]C([2H])([2H])C([2H])([2H])[C@@H](c1cccc(O)c1)[C@@H](C)CN(C)C. The van der Waals surface area contributed by atoms with E-state index in [2.05, 4.69) is 0 Å². The highest BCUT2D eigenvalue weighted by Crippen LogP contribution is 2.30. The highest BCUT2D eigenvalue weighted by atomic mass is 35.5. The van der Waals surface area contributed by atoms with E-state index in [0.29, 0.717) is 12.1 Å². The lowest BCUT2D eigenvalue weighted by Crippen LogP contribution is -2.24. The first-order valence-electron chi connectivity index (χ1n) is 7.90. The minimum Gasteiger partial charge on any atom is -0.508 e. The van der Waals surface area contributed by atoms with Crippen molar-refractivity contribution in [3.05, 3.63) is 29.8 Å². The summed E-state index contributed by atoms with van der Waals surface area (Å²) in [6.45, 7) is -0.349. The van der Waals surface area contributed by atoms with Gasteiger partial charge in [-0.05, 0) is 50.0 Å². The summed E-state index contributed by atoms with van der Waals surface area (Å²) in [6.07, 6.45) is -2.38. The molecular weight excluding hydrogens is 234 g/mol. The van der Waals surface area contributed by atoms with E-state index in [1.807, 2.05) is 25.9 Å². The van der Waals surface area contributed by atoms with Gasteiger partial charge >= 0.3 is 0 Å². The van der Waals surface area contributed by atoms with Gasteiger partial charge in [-0.25, -0.2) is 0 Å². The second kappa shape index (κ2) is 7.57. The lowest BCUT2D eigenvalue weighted by atomic mass is 9.85. The monoisotopic (exact) mass is 262 g/mol. The van der Waals surface area contributed by atoms with Gasteiger partial charge in [0, 0.05) is 13.4 Å². The van der Waals surface area contributed by atoms with Gasteiger partial charge < -0.3 is 10.0 Å². The molecule has 0 radical (unpaired) electrons. The number of halogens is 1. The molecule has 1 N–H and O–H groups in total. The Bertz CT molecular complexity index is 479. The number of hydrogen-bond donors (Lipinski definition) is 1. The van der Waals surface area contributed by atoms with E-state index in [9.17, 15) is 5.11 Å². The summed E-state index contributed by atoms with van der Waals surface area (Å²) in [5.74, 6) is -1.05. The van der Waals surface area contributed by atoms with Crippen molar-refractivity contribution < 1.29 is 12.0 Å². The summed E-state index contributed by atoms with van der Waals surface area (Å²) in [7, 11) is 3.72. The number of hydrogen-bond acceptors (Lipinski definition) is 2. The number of phenolic OH excluding ortho intramolecular Hbond substituents is 1. The van der Waals surface area contributed by atoms with Gasteiger partial charge in [0.25, 0.3) is 0 Å². The molecule has 0 saturated heterocycles. The van der Waals surface area contributed by atoms with Crippen LogP contribution < -0.4 is 0 Å². The van der Waals surface area contributed by atoms with Gasteiger partial charge in [0.15, 0.2) is 0 Å². The van der Waals surface area contributed by atoms with Crippen molar-refractivity contribution in [3.63, 3.8) is 0 Å². The average molecular weight is 263 g/mol. The Morgan fingerprint density at radius 2 is 2.18 bits per heavy atom. The number of rotatable bonds is 5. The Morgan fingerprint density at radius 1 is 1.47 bits per heavy atom. The molecule has 0 heterocycles. The van der Waals surface area contributed by atoms with E-state index in [0.717, 1.165) is 0 Å². The summed E-state index contributed by atoms with van der Waals surface area (Å²) >= 11 is 0. The standard InChI is InChI=1S/C14H23NO.ClH/c1-5-14(11(2)10-15(3)4)12-7-6-8-13(16)9-12;/h6-9,11,14,16H,5,10H2,1-4H3;1H/t11-,14+;/m0./s1/i1D3,5D2;. The van der Waals surface area contributed by atoms with Gasteiger partial charge in [0.1, 0.15) is 5.75 Å². The van der Waals surface area contributed by atoms with Crippen LogP contribution in [-0.4, -0.2) is 30.6 Å². The normalized spacial score (nSPS) is 20.1. The van der Waals surface area contributed by atoms with E-state index < -0.39 is 19.1 Å². The minimum atomic E-state index is -2.73. The Morgan fingerprint density at radius 3 is 2.71 bits per heavy atom. The van der Waals surface area contributed by atoms with Crippen molar-refractivity contribution in [1.29, 1.82) is 0 Å². The van der Waals surface area contributed by atoms with Crippen molar-refractivity contribution in [2.24, 2.45) is 5.92 Å². The smallest absolute Gasteiger partial charge is 0.115 e. The summed E-state index contributed by atoms with van der Waals surface area (Å²) in [5.41, 5.74) is 0.505. The largest absolute Gasteiger partial charge is 0.508 e. The van der Waals surface area contributed by atoms with E-state index in [4.69, 9.17) is 6.85 Å². The lowest BCUT2D eigenvalue weighted by Gasteiger charge is -2.26. The predicted molar refractivity (Wildman–Crippen MR) is 76.1 cm³/mol. The Hall–Kier alpha value is -0.730. The molecule has 1 aromatic carbocycles. The van der Waals surface area contributed by atoms with Gasteiger partial charge in [0.05, 0.1) is 0 Å². The molecule has 98 valence electrons. The average Bonchev–Trinajstić information content (AvgIpc) is 2.25. The third-order valence-electron chi connectivity index (χ3n) is 2.61. The molecule has 0 bridgehead atoms. The van der Waals surface area contributed by atoms with Crippen LogP contribution in [0.25, 0.3) is 0 Å².